The maximum atomic E-state index is 14.4. The number of nitrogens with zero attached hydrogens (tertiary/aromatic N) is 1. The van der Waals surface area contributed by atoms with Gasteiger partial charge in [-0.3, -0.25) is 0 Å². The molecule has 3 aromatic carbocycles. The lowest BCUT2D eigenvalue weighted by molar-refractivity contribution is 0.303. The molecule has 8 heteroatoms. The second kappa shape index (κ2) is 9.79. The Balaban J connectivity index is 2.08. The molecule has 0 saturated carbocycles. The van der Waals surface area contributed by atoms with Crippen LogP contribution in [0.25, 0.3) is 0 Å². The van der Waals surface area contributed by atoms with Crippen LogP contribution in [0.3, 0.4) is 0 Å². The molecule has 0 spiro atoms. The van der Waals surface area contributed by atoms with E-state index in [2.05, 4.69) is 32.2 Å². The number of ether oxygens (including phenoxy) is 1. The normalized spacial score (nSPS) is 11.7. The monoisotopic (exact) mass is 521 g/mol. The predicted octanol–water partition coefficient (Wildman–Crippen LogP) is 7.35. The van der Waals surface area contributed by atoms with E-state index >= 15 is 0 Å². The number of phenols is 1. The highest BCUT2D eigenvalue weighted by Crippen LogP contribution is 2.40. The molecule has 0 aromatic heterocycles. The molecule has 0 atom stereocenters. The third-order valence-corrected chi connectivity index (χ3v) is 5.61. The van der Waals surface area contributed by atoms with Gasteiger partial charge in [-0.25, -0.2) is 13.8 Å². The second-order valence-electron chi connectivity index (χ2n) is 7.67. The zero-order valence-corrected chi connectivity index (χ0v) is 19.4. The van der Waals surface area contributed by atoms with Crippen LogP contribution in [0.5, 0.6) is 11.5 Å². The Hall–Kier alpha value is -3.13. The van der Waals surface area contributed by atoms with Gasteiger partial charge in [-0.2, -0.15) is 8.78 Å². The van der Waals surface area contributed by atoms with Crippen molar-refractivity contribution in [1.29, 1.82) is 0 Å². The number of halogens is 5. The van der Waals surface area contributed by atoms with Crippen LogP contribution in [0.2, 0.25) is 0 Å². The number of hydrogen-bond acceptors (Lipinski definition) is 3. The molecule has 0 heterocycles. The number of aliphatic imine (C=N–C) groups is 1. The van der Waals surface area contributed by atoms with Gasteiger partial charge in [0.15, 0.2) is 17.4 Å². The largest absolute Gasteiger partial charge is 0.507 e. The van der Waals surface area contributed by atoms with E-state index in [9.17, 15) is 22.7 Å². The smallest absolute Gasteiger partial charge is 0.206 e. The van der Waals surface area contributed by atoms with Crippen molar-refractivity contribution in [3.05, 3.63) is 99.6 Å². The van der Waals surface area contributed by atoms with Gasteiger partial charge in [0.25, 0.3) is 0 Å². The molecule has 0 amide bonds. The molecule has 0 radical (unpaired) electrons. The summed E-state index contributed by atoms with van der Waals surface area (Å²) in [6.45, 7) is 6.76. The fourth-order valence-electron chi connectivity index (χ4n) is 3.32. The van der Waals surface area contributed by atoms with Crippen molar-refractivity contribution in [3.8, 4) is 11.5 Å². The van der Waals surface area contributed by atoms with Crippen LogP contribution in [-0.4, -0.2) is 17.9 Å². The molecular formula is C25H20BrF4NO2. The van der Waals surface area contributed by atoms with Crippen molar-refractivity contribution in [3.63, 3.8) is 0 Å². The van der Waals surface area contributed by atoms with Gasteiger partial charge in [-0.05, 0) is 17.7 Å². The van der Waals surface area contributed by atoms with Gasteiger partial charge in [0.05, 0.1) is 0 Å². The lowest BCUT2D eigenvalue weighted by Gasteiger charge is -2.27. The molecule has 33 heavy (non-hydrogen) atoms. The molecule has 0 fully saturated rings. The summed E-state index contributed by atoms with van der Waals surface area (Å²) in [4.78, 5) is 3.60. The van der Waals surface area contributed by atoms with Crippen LogP contribution in [-0.2, 0) is 5.41 Å². The quantitative estimate of drug-likeness (QED) is 0.153. The summed E-state index contributed by atoms with van der Waals surface area (Å²) in [6, 6.07) is 12.6. The van der Waals surface area contributed by atoms with Gasteiger partial charge < -0.3 is 9.84 Å². The van der Waals surface area contributed by atoms with E-state index in [0.717, 1.165) is 11.8 Å². The van der Waals surface area contributed by atoms with Crippen LogP contribution >= 0.6 is 15.9 Å². The van der Waals surface area contributed by atoms with E-state index in [1.54, 1.807) is 6.07 Å². The summed E-state index contributed by atoms with van der Waals surface area (Å²) in [6.07, 6.45) is 2.11. The molecule has 172 valence electrons. The fraction of sp³-hybridized carbons (Fsp3) is 0.160. The first-order valence-corrected chi connectivity index (χ1v) is 10.6. The summed E-state index contributed by atoms with van der Waals surface area (Å²) in [7, 11) is 0. The Bertz CT molecular complexity index is 1200. The van der Waals surface area contributed by atoms with E-state index < -0.39 is 40.1 Å². The predicted molar refractivity (Wildman–Crippen MR) is 124 cm³/mol. The van der Waals surface area contributed by atoms with Crippen molar-refractivity contribution in [2.75, 3.05) is 6.61 Å². The number of rotatable bonds is 7. The first kappa shape index (κ1) is 24.5. The summed E-state index contributed by atoms with van der Waals surface area (Å²) >= 11 is 3.36. The minimum absolute atomic E-state index is 0.0926. The summed E-state index contributed by atoms with van der Waals surface area (Å²) < 4.78 is 62.6. The highest BCUT2D eigenvalue weighted by atomic mass is 79.9. The zero-order chi connectivity index (χ0) is 24.3. The maximum absolute atomic E-state index is 14.4. The Morgan fingerprint density at radius 2 is 1.64 bits per heavy atom. The van der Waals surface area contributed by atoms with Crippen LogP contribution in [0, 0.1) is 23.3 Å². The van der Waals surface area contributed by atoms with Gasteiger partial charge in [-0.15, -0.1) is 0 Å². The third-order valence-electron chi connectivity index (χ3n) is 5.15. The molecule has 0 unspecified atom stereocenters. The Kier molecular flexibility index (Phi) is 7.27. The third kappa shape index (κ3) is 4.80. The Morgan fingerprint density at radius 1 is 1.03 bits per heavy atom. The minimum atomic E-state index is -1.72. The number of benzene rings is 3. The van der Waals surface area contributed by atoms with Crippen molar-refractivity contribution in [2.24, 2.45) is 4.99 Å². The number of hydrogen-bond donors (Lipinski definition) is 1. The van der Waals surface area contributed by atoms with Crippen LogP contribution < -0.4 is 4.74 Å². The van der Waals surface area contributed by atoms with Crippen LogP contribution in [0.15, 0.2) is 64.6 Å². The van der Waals surface area contributed by atoms with Gasteiger partial charge in [-0.1, -0.05) is 72.8 Å². The fourth-order valence-corrected chi connectivity index (χ4v) is 3.80. The second-order valence-corrected chi connectivity index (χ2v) is 8.59. The van der Waals surface area contributed by atoms with Crippen molar-refractivity contribution in [1.82, 2.24) is 0 Å². The molecule has 0 saturated heterocycles. The SMILES string of the molecule is C=CCOc1c(F)c(F)c(N=Cc2cc(Br)cc(C(C)(C)c3ccccc3)c2O)c(F)c1F. The molecule has 0 aliphatic carbocycles. The van der Waals surface area contributed by atoms with E-state index in [-0.39, 0.29) is 17.9 Å². The Morgan fingerprint density at radius 3 is 2.21 bits per heavy atom. The molecule has 3 rings (SSSR count). The first-order valence-electron chi connectivity index (χ1n) is 9.81. The minimum Gasteiger partial charge on any atom is -0.507 e. The van der Waals surface area contributed by atoms with Gasteiger partial charge in [0, 0.05) is 27.2 Å². The first-order chi connectivity index (χ1) is 15.6. The maximum Gasteiger partial charge on any atom is 0.206 e. The highest BCUT2D eigenvalue weighted by Gasteiger charge is 2.29. The molecular weight excluding hydrogens is 502 g/mol. The van der Waals surface area contributed by atoms with Gasteiger partial charge in [0.1, 0.15) is 18.0 Å². The number of phenolic OH excluding ortho intramolecular Hbond substituents is 1. The van der Waals surface area contributed by atoms with E-state index in [4.69, 9.17) is 0 Å². The van der Waals surface area contributed by atoms with Gasteiger partial charge >= 0.3 is 0 Å². The summed E-state index contributed by atoms with van der Waals surface area (Å²) in [5, 5.41) is 10.9. The average molecular weight is 522 g/mol. The number of aromatic hydroxyl groups is 1. The lowest BCUT2D eigenvalue weighted by atomic mass is 9.77. The van der Waals surface area contributed by atoms with Crippen molar-refractivity contribution in [2.45, 2.75) is 19.3 Å². The molecule has 3 aromatic rings. The lowest BCUT2D eigenvalue weighted by Crippen LogP contribution is -2.19. The van der Waals surface area contributed by atoms with Crippen LogP contribution in [0.1, 0.15) is 30.5 Å². The van der Waals surface area contributed by atoms with E-state index in [1.807, 2.05) is 44.2 Å². The molecule has 0 aliphatic rings. The van der Waals surface area contributed by atoms with Crippen molar-refractivity contribution >= 4 is 27.8 Å². The average Bonchev–Trinajstić information content (AvgIpc) is 2.80. The molecule has 0 aliphatic heterocycles. The molecule has 1 N–H and O–H groups in total. The highest BCUT2D eigenvalue weighted by molar-refractivity contribution is 9.10. The molecule has 3 nitrogen and oxygen atoms in total. The van der Waals surface area contributed by atoms with Crippen LogP contribution in [0.4, 0.5) is 23.2 Å². The molecule has 0 bridgehead atoms. The van der Waals surface area contributed by atoms with E-state index in [1.165, 1.54) is 12.1 Å². The summed E-state index contributed by atoms with van der Waals surface area (Å²) in [5.74, 6) is -8.25. The van der Waals surface area contributed by atoms with Crippen molar-refractivity contribution < 1.29 is 27.4 Å². The topological polar surface area (TPSA) is 41.8 Å². The van der Waals surface area contributed by atoms with Gasteiger partial charge in [0.2, 0.25) is 11.6 Å². The zero-order valence-electron chi connectivity index (χ0n) is 17.8. The standard InChI is InChI=1S/C25H20BrF4NO2/c1-4-10-33-24-20(29)18(27)22(19(28)21(24)30)31-13-14-11-16(26)12-17(23(14)32)25(2,3)15-8-6-5-7-9-15/h4-9,11-13,32H,1,10H2,2-3H3. The van der Waals surface area contributed by atoms with E-state index in [0.29, 0.717) is 10.0 Å². The Labute approximate surface area is 197 Å². The summed E-state index contributed by atoms with van der Waals surface area (Å²) in [5.41, 5.74) is -0.306.